The van der Waals surface area contributed by atoms with Gasteiger partial charge in [-0.15, -0.1) is 0 Å². The molecule has 0 aliphatic rings. The van der Waals surface area contributed by atoms with Gasteiger partial charge in [-0.3, -0.25) is 9.59 Å². The average molecular weight is 335 g/mol. The number of amides is 1. The molecule has 0 aromatic carbocycles. The van der Waals surface area contributed by atoms with Crippen LogP contribution in [-0.4, -0.2) is 30.6 Å². The van der Waals surface area contributed by atoms with Crippen molar-refractivity contribution < 1.29 is 19.4 Å². The van der Waals surface area contributed by atoms with Gasteiger partial charge in [-0.05, 0) is 31.4 Å². The minimum absolute atomic E-state index is 0.136. The monoisotopic (exact) mass is 335 g/mol. The molecule has 0 bridgehead atoms. The Balaban J connectivity index is 3.96. The Morgan fingerprint density at radius 1 is 1.08 bits per heavy atom. The van der Waals surface area contributed by atoms with Gasteiger partial charge in [0.15, 0.2) is 0 Å². The summed E-state index contributed by atoms with van der Waals surface area (Å²) in [5.41, 5.74) is 0.851. The van der Waals surface area contributed by atoms with Gasteiger partial charge in [0.1, 0.15) is 5.76 Å². The van der Waals surface area contributed by atoms with Crippen molar-refractivity contribution in [2.24, 2.45) is 0 Å². The topological polar surface area (TPSA) is 75.6 Å². The number of carbonyl (C=O) groups excluding carboxylic acids is 1. The molecule has 0 aliphatic heterocycles. The highest BCUT2D eigenvalue weighted by Gasteiger charge is 1.99. The van der Waals surface area contributed by atoms with Gasteiger partial charge in [0, 0.05) is 19.0 Å². The van der Waals surface area contributed by atoms with Gasteiger partial charge in [0.2, 0.25) is 5.91 Å². The molecule has 24 heavy (non-hydrogen) atoms. The van der Waals surface area contributed by atoms with E-state index in [1.54, 1.807) is 31.4 Å². The van der Waals surface area contributed by atoms with Crippen LogP contribution in [0.1, 0.15) is 45.4 Å². The van der Waals surface area contributed by atoms with Crippen LogP contribution in [-0.2, 0) is 14.3 Å². The second kappa shape index (κ2) is 14.3. The molecule has 0 aromatic rings. The molecule has 5 nitrogen and oxygen atoms in total. The Morgan fingerprint density at radius 2 is 1.75 bits per heavy atom. The van der Waals surface area contributed by atoms with Crippen molar-refractivity contribution in [3.05, 3.63) is 48.3 Å². The number of rotatable bonds is 13. The third-order valence-corrected chi connectivity index (χ3v) is 3.34. The van der Waals surface area contributed by atoms with Crippen LogP contribution in [0.5, 0.6) is 0 Å². The number of ether oxygens (including phenoxy) is 1. The molecule has 0 heterocycles. The number of aliphatic carboxylic acids is 1. The van der Waals surface area contributed by atoms with Crippen LogP contribution in [0.3, 0.4) is 0 Å². The van der Waals surface area contributed by atoms with Crippen molar-refractivity contribution in [2.45, 2.75) is 45.4 Å². The van der Waals surface area contributed by atoms with Crippen LogP contribution in [0, 0.1) is 0 Å². The average Bonchev–Trinajstić information content (AvgIpc) is 2.55. The number of hydrogen-bond acceptors (Lipinski definition) is 3. The molecule has 0 atom stereocenters. The van der Waals surface area contributed by atoms with Gasteiger partial charge in [0.25, 0.3) is 0 Å². The van der Waals surface area contributed by atoms with Crippen LogP contribution in [0.25, 0.3) is 0 Å². The maximum absolute atomic E-state index is 11.7. The first-order valence-corrected chi connectivity index (χ1v) is 8.23. The molecular weight excluding hydrogens is 306 g/mol. The fraction of sp³-hybridized carbons (Fsp3) is 0.474. The van der Waals surface area contributed by atoms with Crippen molar-refractivity contribution >= 4 is 11.9 Å². The van der Waals surface area contributed by atoms with E-state index in [0.717, 1.165) is 37.7 Å². The third kappa shape index (κ3) is 12.3. The van der Waals surface area contributed by atoms with Crippen LogP contribution >= 0.6 is 0 Å². The number of carboxylic acid groups (broad SMARTS) is 1. The number of carbonyl (C=O) groups is 2. The third-order valence-electron chi connectivity index (χ3n) is 3.34. The molecule has 2 N–H and O–H groups in total. The predicted molar refractivity (Wildman–Crippen MR) is 96.5 cm³/mol. The summed E-state index contributed by atoms with van der Waals surface area (Å²) in [5.74, 6) is -0.196. The van der Waals surface area contributed by atoms with Gasteiger partial charge in [-0.1, -0.05) is 44.1 Å². The standard InChI is InChI=1S/C19H29NO4/c1-4-5-11-17(24-3)16(2)13-14-18(21)20-15-10-8-6-7-9-12-19(22)23/h4-5,11,13-14H,1,6-10,12,15H2,2-3H3,(H,20,21)(H,22,23)/b11-5-,14-13+,17-16-. The molecule has 0 rings (SSSR count). The van der Waals surface area contributed by atoms with Gasteiger partial charge < -0.3 is 15.2 Å². The zero-order valence-electron chi connectivity index (χ0n) is 14.7. The molecule has 0 saturated carbocycles. The van der Waals surface area contributed by atoms with E-state index in [-0.39, 0.29) is 12.3 Å². The van der Waals surface area contributed by atoms with Gasteiger partial charge in [-0.2, -0.15) is 0 Å². The van der Waals surface area contributed by atoms with E-state index in [1.165, 1.54) is 6.08 Å². The molecule has 0 aromatic heterocycles. The van der Waals surface area contributed by atoms with E-state index in [2.05, 4.69) is 11.9 Å². The van der Waals surface area contributed by atoms with Gasteiger partial charge in [-0.25, -0.2) is 0 Å². The molecule has 0 fully saturated rings. The van der Waals surface area contributed by atoms with Crippen LogP contribution in [0.4, 0.5) is 0 Å². The lowest BCUT2D eigenvalue weighted by molar-refractivity contribution is -0.137. The Morgan fingerprint density at radius 3 is 2.38 bits per heavy atom. The number of carboxylic acids is 1. The van der Waals surface area contributed by atoms with Crippen molar-refractivity contribution in [3.63, 3.8) is 0 Å². The summed E-state index contributed by atoms with van der Waals surface area (Å²) in [4.78, 5) is 22.1. The molecule has 0 aliphatic carbocycles. The highest BCUT2D eigenvalue weighted by atomic mass is 16.5. The summed E-state index contributed by atoms with van der Waals surface area (Å²) in [6.07, 6.45) is 13.2. The van der Waals surface area contributed by atoms with Crippen molar-refractivity contribution in [1.29, 1.82) is 0 Å². The first-order chi connectivity index (χ1) is 11.5. The lowest BCUT2D eigenvalue weighted by Gasteiger charge is -2.04. The summed E-state index contributed by atoms with van der Waals surface area (Å²) in [6, 6.07) is 0. The molecule has 1 amide bonds. The van der Waals surface area contributed by atoms with Crippen molar-refractivity contribution in [3.8, 4) is 0 Å². The fourth-order valence-corrected chi connectivity index (χ4v) is 2.00. The lowest BCUT2D eigenvalue weighted by atomic mass is 10.1. The molecule has 134 valence electrons. The Labute approximate surface area is 144 Å². The predicted octanol–water partition coefficient (Wildman–Crippen LogP) is 3.75. The first kappa shape index (κ1) is 21.7. The van der Waals surface area contributed by atoms with E-state index in [1.807, 2.05) is 6.92 Å². The van der Waals surface area contributed by atoms with E-state index in [9.17, 15) is 9.59 Å². The summed E-state index contributed by atoms with van der Waals surface area (Å²) < 4.78 is 5.23. The fourth-order valence-electron chi connectivity index (χ4n) is 2.00. The Kier molecular flexibility index (Phi) is 12.9. The number of allylic oxidation sites excluding steroid dienone is 5. The highest BCUT2D eigenvalue weighted by molar-refractivity contribution is 5.87. The second-order valence-electron chi connectivity index (χ2n) is 5.38. The van der Waals surface area contributed by atoms with E-state index >= 15 is 0 Å². The molecule has 0 unspecified atom stereocenters. The van der Waals surface area contributed by atoms with Crippen molar-refractivity contribution in [2.75, 3.05) is 13.7 Å². The molecular formula is C19H29NO4. The summed E-state index contributed by atoms with van der Waals surface area (Å²) in [5, 5.41) is 11.4. The van der Waals surface area contributed by atoms with Crippen LogP contribution in [0.15, 0.2) is 48.3 Å². The maximum Gasteiger partial charge on any atom is 0.303 e. The summed E-state index contributed by atoms with van der Waals surface area (Å²) in [7, 11) is 1.58. The van der Waals surface area contributed by atoms with Crippen molar-refractivity contribution in [1.82, 2.24) is 5.32 Å². The lowest BCUT2D eigenvalue weighted by Crippen LogP contribution is -2.22. The number of methoxy groups -OCH3 is 1. The molecule has 0 saturated heterocycles. The zero-order chi connectivity index (χ0) is 18.2. The highest BCUT2D eigenvalue weighted by Crippen LogP contribution is 2.08. The first-order valence-electron chi connectivity index (χ1n) is 8.23. The smallest absolute Gasteiger partial charge is 0.303 e. The maximum atomic E-state index is 11.7. The Bertz CT molecular complexity index is 490. The zero-order valence-corrected chi connectivity index (χ0v) is 14.7. The summed E-state index contributed by atoms with van der Waals surface area (Å²) >= 11 is 0. The van der Waals surface area contributed by atoms with Gasteiger partial charge >= 0.3 is 5.97 Å². The number of nitrogens with one attached hydrogen (secondary N) is 1. The normalized spacial score (nSPS) is 12.2. The Hall–Kier alpha value is -2.30. The van der Waals surface area contributed by atoms with E-state index in [0.29, 0.717) is 12.3 Å². The minimum Gasteiger partial charge on any atom is -0.496 e. The molecule has 0 spiro atoms. The number of hydrogen-bond donors (Lipinski definition) is 2. The largest absolute Gasteiger partial charge is 0.496 e. The SMILES string of the molecule is C=C\C=C/C(OC)=C(C)/C=C/C(=O)NCCCCCCCC(=O)O. The molecule has 5 heteroatoms. The number of unbranched alkanes of at least 4 members (excludes halogenated alkanes) is 4. The van der Waals surface area contributed by atoms with Crippen LogP contribution < -0.4 is 5.32 Å². The van der Waals surface area contributed by atoms with E-state index in [4.69, 9.17) is 9.84 Å². The summed E-state index contributed by atoms with van der Waals surface area (Å²) in [6.45, 7) is 6.09. The molecule has 0 radical (unpaired) electrons. The quantitative estimate of drug-likeness (QED) is 0.233. The van der Waals surface area contributed by atoms with Crippen LogP contribution in [0.2, 0.25) is 0 Å². The van der Waals surface area contributed by atoms with E-state index < -0.39 is 5.97 Å². The minimum atomic E-state index is -0.741. The van der Waals surface area contributed by atoms with Gasteiger partial charge in [0.05, 0.1) is 7.11 Å². The second-order valence-corrected chi connectivity index (χ2v) is 5.38.